The molecule has 1 aromatic rings. The molecule has 3 aliphatic rings. The Labute approximate surface area is 217 Å². The number of esters is 1. The zero-order valence-electron chi connectivity index (χ0n) is 20.9. The molecule has 3 saturated heterocycles. The van der Waals surface area contributed by atoms with Crippen LogP contribution in [-0.2, 0) is 25.7 Å². The molecule has 194 valence electrons. The predicted molar refractivity (Wildman–Crippen MR) is 140 cm³/mol. The molecule has 3 fully saturated rings. The van der Waals surface area contributed by atoms with Gasteiger partial charge in [-0.15, -0.1) is 24.9 Å². The second-order valence-corrected chi connectivity index (χ2v) is 11.4. The van der Waals surface area contributed by atoms with Gasteiger partial charge in [-0.2, -0.15) is 0 Å². The van der Waals surface area contributed by atoms with E-state index in [2.05, 4.69) is 20.1 Å². The van der Waals surface area contributed by atoms with Gasteiger partial charge in [0, 0.05) is 24.9 Å². The molecular formula is C28H36N2O5S. The maximum atomic E-state index is 14.2. The Hall–Kier alpha value is -2.58. The topological polar surface area (TPSA) is 87.1 Å². The predicted octanol–water partition coefficient (Wildman–Crippen LogP) is 3.04. The van der Waals surface area contributed by atoms with Crippen molar-refractivity contribution in [2.75, 3.05) is 26.3 Å². The first kappa shape index (κ1) is 26.5. The maximum absolute atomic E-state index is 14.2. The first-order valence-corrected chi connectivity index (χ1v) is 13.6. The lowest BCUT2D eigenvalue weighted by atomic mass is 9.66. The fourth-order valence-electron chi connectivity index (χ4n) is 6.28. The molecule has 1 spiro atoms. The van der Waals surface area contributed by atoms with Gasteiger partial charge in [0.05, 0.1) is 29.8 Å². The second kappa shape index (κ2) is 11.2. The highest BCUT2D eigenvalue weighted by Gasteiger charge is 2.76. The molecule has 0 radical (unpaired) electrons. The third-order valence-corrected chi connectivity index (χ3v) is 9.84. The molecule has 2 amide bonds. The molecule has 3 aliphatic heterocycles. The number of carbonyl (C=O) groups excluding carboxylic acids is 3. The van der Waals surface area contributed by atoms with Gasteiger partial charge in [-0.3, -0.25) is 14.4 Å². The number of unbranched alkanes of at least 4 members (excludes halogenated alkanes) is 1. The van der Waals surface area contributed by atoms with Crippen molar-refractivity contribution in [3.63, 3.8) is 0 Å². The molecule has 3 heterocycles. The lowest BCUT2D eigenvalue weighted by molar-refractivity contribution is -0.154. The minimum Gasteiger partial charge on any atom is -0.465 e. The van der Waals surface area contributed by atoms with Crippen LogP contribution in [0.1, 0.15) is 31.7 Å². The number of hydrogen-bond donors (Lipinski definition) is 1. The van der Waals surface area contributed by atoms with Crippen LogP contribution >= 0.6 is 11.8 Å². The minimum absolute atomic E-state index is 0.0554. The van der Waals surface area contributed by atoms with Crippen LogP contribution in [-0.4, -0.2) is 75.0 Å². The van der Waals surface area contributed by atoms with Crippen molar-refractivity contribution in [1.82, 2.24) is 9.80 Å². The summed E-state index contributed by atoms with van der Waals surface area (Å²) in [5.74, 6) is -1.90. The SMILES string of the molecule is C=CCCCOC(=O)[C@@H]1[C@H]2C(=O)N(CCO)C(C(=O)N(CC=C)Cc3ccccc3)C23S[C@@H]1CC3C. The zero-order chi connectivity index (χ0) is 25.9. The molecule has 6 atom stereocenters. The summed E-state index contributed by atoms with van der Waals surface area (Å²) in [6.45, 7) is 10.4. The Bertz CT molecular complexity index is 1000. The van der Waals surface area contributed by atoms with Gasteiger partial charge < -0.3 is 19.6 Å². The minimum atomic E-state index is -0.755. The van der Waals surface area contributed by atoms with Crippen molar-refractivity contribution in [3.8, 4) is 0 Å². The molecule has 1 aromatic carbocycles. The standard InChI is InChI=1S/C28H36N2O5S/c1-4-6-10-16-35-27(34)22-21-17-19(3)28(36-21)23(22)25(32)30(14-15-31)24(28)26(33)29(13-5-2)18-20-11-8-7-9-12-20/h4-5,7-9,11-12,19,21-24,31H,1-2,6,10,13-18H2,3H3/t19?,21-,22+,23+,24?,28?/m1/s1. The van der Waals surface area contributed by atoms with Gasteiger partial charge in [0.1, 0.15) is 6.04 Å². The lowest BCUT2D eigenvalue weighted by Gasteiger charge is -2.40. The van der Waals surface area contributed by atoms with E-state index in [0.717, 1.165) is 18.4 Å². The average Bonchev–Trinajstić information content (AvgIpc) is 3.46. The van der Waals surface area contributed by atoms with E-state index in [1.165, 1.54) is 4.90 Å². The Morgan fingerprint density at radius 1 is 1.28 bits per heavy atom. The second-order valence-electron chi connectivity index (χ2n) is 9.90. The quantitative estimate of drug-likeness (QED) is 0.263. The van der Waals surface area contributed by atoms with Crippen LogP contribution < -0.4 is 0 Å². The number of nitrogens with zero attached hydrogens (tertiary/aromatic N) is 2. The number of thioether (sulfide) groups is 1. The normalized spacial score (nSPS) is 30.2. The number of ether oxygens (including phenoxy) is 1. The van der Waals surface area contributed by atoms with Crippen molar-refractivity contribution < 1.29 is 24.2 Å². The number of β-amino-alcohol motifs (C(OH)–C–C–N with tert-alkyl or cyclic N) is 1. The summed E-state index contributed by atoms with van der Waals surface area (Å²) in [7, 11) is 0. The van der Waals surface area contributed by atoms with Crippen LogP contribution in [0.4, 0.5) is 0 Å². The summed E-state index contributed by atoms with van der Waals surface area (Å²) in [5.41, 5.74) is 0.984. The van der Waals surface area contributed by atoms with E-state index >= 15 is 0 Å². The Morgan fingerprint density at radius 3 is 2.69 bits per heavy atom. The van der Waals surface area contributed by atoms with Gasteiger partial charge in [0.25, 0.3) is 0 Å². The largest absolute Gasteiger partial charge is 0.465 e. The van der Waals surface area contributed by atoms with Gasteiger partial charge in [-0.25, -0.2) is 0 Å². The molecule has 3 unspecified atom stereocenters. The summed E-state index contributed by atoms with van der Waals surface area (Å²) >= 11 is 1.61. The van der Waals surface area contributed by atoms with E-state index in [1.54, 1.807) is 28.8 Å². The Balaban J connectivity index is 1.66. The number of hydrogen-bond acceptors (Lipinski definition) is 6. The molecule has 36 heavy (non-hydrogen) atoms. The summed E-state index contributed by atoms with van der Waals surface area (Å²) in [6.07, 6.45) is 5.66. The van der Waals surface area contributed by atoms with Crippen LogP contribution in [0.2, 0.25) is 0 Å². The van der Waals surface area contributed by atoms with Crippen molar-refractivity contribution in [2.45, 2.75) is 48.8 Å². The number of amides is 2. The van der Waals surface area contributed by atoms with Gasteiger partial charge in [0.2, 0.25) is 11.8 Å². The number of rotatable bonds is 12. The van der Waals surface area contributed by atoms with Crippen molar-refractivity contribution in [1.29, 1.82) is 0 Å². The van der Waals surface area contributed by atoms with E-state index in [1.807, 2.05) is 30.3 Å². The highest BCUT2D eigenvalue weighted by Crippen LogP contribution is 2.68. The zero-order valence-corrected chi connectivity index (χ0v) is 21.7. The van der Waals surface area contributed by atoms with E-state index in [0.29, 0.717) is 19.5 Å². The number of benzene rings is 1. The highest BCUT2D eigenvalue weighted by molar-refractivity contribution is 8.02. The number of likely N-dealkylation sites (tertiary alicyclic amines) is 1. The molecule has 0 aliphatic carbocycles. The molecule has 7 nitrogen and oxygen atoms in total. The van der Waals surface area contributed by atoms with Gasteiger partial charge in [0.15, 0.2) is 0 Å². The molecule has 8 heteroatoms. The Morgan fingerprint density at radius 2 is 2.03 bits per heavy atom. The molecule has 4 rings (SSSR count). The molecular weight excluding hydrogens is 476 g/mol. The number of carbonyl (C=O) groups is 3. The number of aliphatic hydroxyl groups is 1. The number of fused-ring (bicyclic) bond motifs is 1. The van der Waals surface area contributed by atoms with Crippen LogP contribution in [0.15, 0.2) is 55.6 Å². The summed E-state index contributed by atoms with van der Waals surface area (Å²) in [5, 5.41) is 9.76. The summed E-state index contributed by atoms with van der Waals surface area (Å²) in [6, 6.07) is 8.96. The van der Waals surface area contributed by atoms with Gasteiger partial charge in [-0.1, -0.05) is 49.4 Å². The monoisotopic (exact) mass is 512 g/mol. The average molecular weight is 513 g/mol. The van der Waals surface area contributed by atoms with E-state index in [9.17, 15) is 19.5 Å². The van der Waals surface area contributed by atoms with Crippen molar-refractivity contribution in [2.24, 2.45) is 17.8 Å². The van der Waals surface area contributed by atoms with Crippen LogP contribution in [0.25, 0.3) is 0 Å². The first-order chi connectivity index (χ1) is 17.4. The molecule has 0 aromatic heterocycles. The fourth-order valence-corrected chi connectivity index (χ4v) is 8.68. The molecule has 0 saturated carbocycles. The van der Waals surface area contributed by atoms with E-state index in [-0.39, 0.29) is 48.7 Å². The first-order valence-electron chi connectivity index (χ1n) is 12.7. The van der Waals surface area contributed by atoms with E-state index < -0.39 is 22.6 Å². The van der Waals surface area contributed by atoms with Crippen LogP contribution in [0, 0.1) is 17.8 Å². The number of aliphatic hydroxyl groups excluding tert-OH is 1. The number of allylic oxidation sites excluding steroid dienone is 1. The van der Waals surface area contributed by atoms with Crippen molar-refractivity contribution in [3.05, 3.63) is 61.2 Å². The van der Waals surface area contributed by atoms with Crippen molar-refractivity contribution >= 4 is 29.5 Å². The van der Waals surface area contributed by atoms with Crippen LogP contribution in [0.3, 0.4) is 0 Å². The van der Waals surface area contributed by atoms with Gasteiger partial charge in [-0.05, 0) is 30.7 Å². The fraction of sp³-hybridized carbons (Fsp3) is 0.536. The smallest absolute Gasteiger partial charge is 0.310 e. The third kappa shape index (κ3) is 4.50. The van der Waals surface area contributed by atoms with Crippen LogP contribution in [0.5, 0.6) is 0 Å². The highest BCUT2D eigenvalue weighted by atomic mass is 32.2. The maximum Gasteiger partial charge on any atom is 0.310 e. The third-order valence-electron chi connectivity index (χ3n) is 7.77. The van der Waals surface area contributed by atoms with E-state index in [4.69, 9.17) is 4.74 Å². The summed E-state index contributed by atoms with van der Waals surface area (Å²) in [4.78, 5) is 44.5. The molecule has 1 N–H and O–H groups in total. The molecule has 2 bridgehead atoms. The van der Waals surface area contributed by atoms with Gasteiger partial charge >= 0.3 is 5.97 Å². The summed E-state index contributed by atoms with van der Waals surface area (Å²) < 4.78 is 4.87. The lowest BCUT2D eigenvalue weighted by Crippen LogP contribution is -2.57. The Kier molecular flexibility index (Phi) is 8.25.